The van der Waals surface area contributed by atoms with E-state index in [-0.39, 0.29) is 24.4 Å². The molecule has 8 heteroatoms. The van der Waals surface area contributed by atoms with Crippen LogP contribution in [0.15, 0.2) is 42.5 Å². The number of anilines is 2. The average molecular weight is 422 g/mol. The van der Waals surface area contributed by atoms with Crippen molar-refractivity contribution in [1.29, 1.82) is 0 Å². The summed E-state index contributed by atoms with van der Waals surface area (Å²) in [6, 6.07) is 11.7. The van der Waals surface area contributed by atoms with E-state index in [2.05, 4.69) is 10.6 Å². The second kappa shape index (κ2) is 9.28. The third-order valence-corrected chi connectivity index (χ3v) is 4.96. The standard InChI is InChI=1S/C20H21Cl2N3O3/c1-28-18-7-3-2-5-16(18)24-19(26)12-25-8-4-6-17(25)20(27)23-15-10-13(21)9-14(22)11-15/h2-3,5,7,9-11,17H,4,6,8,12H2,1H3,(H,23,27)(H,24,26)/t17-/m1/s1. The van der Waals surface area contributed by atoms with Crippen LogP contribution in [0.2, 0.25) is 10.0 Å². The summed E-state index contributed by atoms with van der Waals surface area (Å²) in [5.41, 5.74) is 1.14. The molecule has 0 spiro atoms. The summed E-state index contributed by atoms with van der Waals surface area (Å²) in [4.78, 5) is 27.0. The number of methoxy groups -OCH3 is 1. The zero-order valence-electron chi connectivity index (χ0n) is 15.4. The van der Waals surface area contributed by atoms with Gasteiger partial charge in [-0.2, -0.15) is 0 Å². The van der Waals surface area contributed by atoms with E-state index >= 15 is 0 Å². The molecule has 6 nitrogen and oxygen atoms in total. The Labute approximate surface area is 173 Å². The van der Waals surface area contributed by atoms with Crippen LogP contribution in [0.1, 0.15) is 12.8 Å². The van der Waals surface area contributed by atoms with Crippen LogP contribution in [-0.2, 0) is 9.59 Å². The van der Waals surface area contributed by atoms with Crippen molar-refractivity contribution in [2.24, 2.45) is 0 Å². The zero-order valence-corrected chi connectivity index (χ0v) is 16.9. The minimum absolute atomic E-state index is 0.117. The van der Waals surface area contributed by atoms with Crippen molar-refractivity contribution < 1.29 is 14.3 Å². The van der Waals surface area contributed by atoms with Crippen molar-refractivity contribution in [2.75, 3.05) is 30.8 Å². The molecule has 0 unspecified atom stereocenters. The molecule has 0 aliphatic carbocycles. The second-order valence-corrected chi connectivity index (χ2v) is 7.40. The van der Waals surface area contributed by atoms with E-state index in [1.807, 2.05) is 17.0 Å². The van der Waals surface area contributed by atoms with Crippen LogP contribution in [0.5, 0.6) is 5.75 Å². The molecule has 1 atom stereocenters. The third-order valence-electron chi connectivity index (χ3n) is 4.52. The van der Waals surface area contributed by atoms with Gasteiger partial charge in [0.05, 0.1) is 25.4 Å². The third kappa shape index (κ3) is 5.16. The Morgan fingerprint density at radius 1 is 1.14 bits per heavy atom. The van der Waals surface area contributed by atoms with Gasteiger partial charge < -0.3 is 15.4 Å². The molecule has 1 aliphatic heterocycles. The lowest BCUT2D eigenvalue weighted by molar-refractivity contribution is -0.122. The molecule has 0 aromatic heterocycles. The Morgan fingerprint density at radius 2 is 1.86 bits per heavy atom. The number of hydrogen-bond donors (Lipinski definition) is 2. The number of rotatable bonds is 6. The minimum atomic E-state index is -0.388. The van der Waals surface area contributed by atoms with Crippen molar-refractivity contribution in [2.45, 2.75) is 18.9 Å². The van der Waals surface area contributed by atoms with Gasteiger partial charge in [-0.15, -0.1) is 0 Å². The Kier molecular flexibility index (Phi) is 6.78. The van der Waals surface area contributed by atoms with E-state index < -0.39 is 0 Å². The predicted octanol–water partition coefficient (Wildman–Crippen LogP) is 4.04. The Hall–Kier alpha value is -2.28. The fourth-order valence-corrected chi connectivity index (χ4v) is 3.81. The number of para-hydroxylation sites is 2. The van der Waals surface area contributed by atoms with E-state index in [0.717, 1.165) is 6.42 Å². The first-order chi connectivity index (χ1) is 13.5. The van der Waals surface area contributed by atoms with Crippen LogP contribution < -0.4 is 15.4 Å². The number of carbonyl (C=O) groups excluding carboxylic acids is 2. The normalized spacial score (nSPS) is 16.6. The van der Waals surface area contributed by atoms with Crippen molar-refractivity contribution in [3.63, 3.8) is 0 Å². The molecule has 2 aromatic rings. The summed E-state index contributed by atoms with van der Waals surface area (Å²) in [7, 11) is 1.55. The van der Waals surface area contributed by atoms with Crippen molar-refractivity contribution in [3.8, 4) is 5.75 Å². The fourth-order valence-electron chi connectivity index (χ4n) is 3.29. The molecular weight excluding hydrogens is 401 g/mol. The van der Waals surface area contributed by atoms with Crippen molar-refractivity contribution in [3.05, 3.63) is 52.5 Å². The topological polar surface area (TPSA) is 70.7 Å². The first-order valence-corrected chi connectivity index (χ1v) is 9.66. The number of amides is 2. The number of nitrogens with one attached hydrogen (secondary N) is 2. The summed E-state index contributed by atoms with van der Waals surface area (Å²) >= 11 is 12.0. The summed E-state index contributed by atoms with van der Waals surface area (Å²) in [5, 5.41) is 6.57. The van der Waals surface area contributed by atoms with Gasteiger partial charge >= 0.3 is 0 Å². The van der Waals surface area contributed by atoms with Crippen LogP contribution >= 0.6 is 23.2 Å². The van der Waals surface area contributed by atoms with Gasteiger partial charge in [0.2, 0.25) is 11.8 Å². The molecule has 0 radical (unpaired) electrons. The summed E-state index contributed by atoms with van der Waals surface area (Å²) in [6.07, 6.45) is 1.53. The van der Waals surface area contributed by atoms with E-state index in [9.17, 15) is 9.59 Å². The molecule has 0 bridgehead atoms. The van der Waals surface area contributed by atoms with Gasteiger partial charge in [-0.3, -0.25) is 14.5 Å². The molecule has 2 aromatic carbocycles. The highest BCUT2D eigenvalue weighted by molar-refractivity contribution is 6.35. The first-order valence-electron chi connectivity index (χ1n) is 8.90. The van der Waals surface area contributed by atoms with Crippen molar-refractivity contribution in [1.82, 2.24) is 4.90 Å². The van der Waals surface area contributed by atoms with Gasteiger partial charge in [-0.1, -0.05) is 35.3 Å². The lowest BCUT2D eigenvalue weighted by Gasteiger charge is -2.23. The smallest absolute Gasteiger partial charge is 0.241 e. The maximum absolute atomic E-state index is 12.7. The number of likely N-dealkylation sites (tertiary alicyclic amines) is 1. The molecule has 1 fully saturated rings. The quantitative estimate of drug-likeness (QED) is 0.737. The monoisotopic (exact) mass is 421 g/mol. The molecule has 2 amide bonds. The fraction of sp³-hybridized carbons (Fsp3) is 0.300. The number of ether oxygens (including phenoxy) is 1. The average Bonchev–Trinajstić information content (AvgIpc) is 3.09. The molecule has 3 rings (SSSR count). The molecule has 28 heavy (non-hydrogen) atoms. The maximum Gasteiger partial charge on any atom is 0.241 e. The van der Waals surface area contributed by atoms with Gasteiger partial charge in [0.1, 0.15) is 5.75 Å². The van der Waals surface area contributed by atoms with E-state index in [1.165, 1.54) is 0 Å². The van der Waals surface area contributed by atoms with Crippen molar-refractivity contribution >= 4 is 46.4 Å². The SMILES string of the molecule is COc1ccccc1NC(=O)CN1CCC[C@@H]1C(=O)Nc1cc(Cl)cc(Cl)c1. The molecular formula is C20H21Cl2N3O3. The summed E-state index contributed by atoms with van der Waals surface area (Å²) in [5.74, 6) is 0.209. The zero-order chi connectivity index (χ0) is 20.1. The number of carbonyl (C=O) groups is 2. The van der Waals surface area contributed by atoms with Crippen LogP contribution in [0, 0.1) is 0 Å². The molecule has 2 N–H and O–H groups in total. The number of benzene rings is 2. The van der Waals surface area contributed by atoms with Gasteiger partial charge in [0.25, 0.3) is 0 Å². The molecule has 1 aliphatic rings. The largest absolute Gasteiger partial charge is 0.495 e. The number of halogens is 2. The number of nitrogens with zero attached hydrogens (tertiary/aromatic N) is 1. The van der Waals surface area contributed by atoms with E-state index in [4.69, 9.17) is 27.9 Å². The van der Waals surface area contributed by atoms with Crippen LogP contribution in [-0.4, -0.2) is 43.0 Å². The lowest BCUT2D eigenvalue weighted by atomic mass is 10.2. The van der Waals surface area contributed by atoms with E-state index in [0.29, 0.717) is 40.1 Å². The highest BCUT2D eigenvalue weighted by atomic mass is 35.5. The van der Waals surface area contributed by atoms with Gasteiger partial charge in [0.15, 0.2) is 0 Å². The second-order valence-electron chi connectivity index (χ2n) is 6.52. The Balaban J connectivity index is 1.62. The Bertz CT molecular complexity index is 855. The minimum Gasteiger partial charge on any atom is -0.495 e. The summed E-state index contributed by atoms with van der Waals surface area (Å²) < 4.78 is 5.25. The molecule has 0 saturated carbocycles. The maximum atomic E-state index is 12.7. The van der Waals surface area contributed by atoms with Crippen LogP contribution in [0.25, 0.3) is 0 Å². The van der Waals surface area contributed by atoms with Gasteiger partial charge in [0, 0.05) is 15.7 Å². The summed E-state index contributed by atoms with van der Waals surface area (Å²) in [6.45, 7) is 0.792. The first kappa shape index (κ1) is 20.5. The predicted molar refractivity (Wildman–Crippen MR) is 111 cm³/mol. The number of hydrogen-bond acceptors (Lipinski definition) is 4. The van der Waals surface area contributed by atoms with Gasteiger partial charge in [-0.25, -0.2) is 0 Å². The lowest BCUT2D eigenvalue weighted by Crippen LogP contribution is -2.43. The molecule has 148 valence electrons. The Morgan fingerprint density at radius 3 is 2.57 bits per heavy atom. The van der Waals surface area contributed by atoms with Crippen LogP contribution in [0.3, 0.4) is 0 Å². The highest BCUT2D eigenvalue weighted by Gasteiger charge is 2.32. The molecule has 1 heterocycles. The molecule has 1 saturated heterocycles. The van der Waals surface area contributed by atoms with Crippen LogP contribution in [0.4, 0.5) is 11.4 Å². The van der Waals surface area contributed by atoms with E-state index in [1.54, 1.807) is 37.4 Å². The highest BCUT2D eigenvalue weighted by Crippen LogP contribution is 2.25. The van der Waals surface area contributed by atoms with Gasteiger partial charge in [-0.05, 0) is 49.7 Å².